The molecule has 2 aromatic carbocycles. The Morgan fingerprint density at radius 2 is 1.69 bits per heavy atom. The number of carbonyl (C=O) groups excluding carboxylic acids is 1. The van der Waals surface area contributed by atoms with Crippen LogP contribution in [0.5, 0.6) is 0 Å². The van der Waals surface area contributed by atoms with Crippen molar-refractivity contribution in [3.8, 4) is 0 Å². The molecular formula is C24H28N6O2. The van der Waals surface area contributed by atoms with E-state index in [4.69, 9.17) is 0 Å². The van der Waals surface area contributed by atoms with Crippen LogP contribution >= 0.6 is 0 Å². The molecule has 2 saturated heterocycles. The van der Waals surface area contributed by atoms with Crippen LogP contribution in [-0.4, -0.2) is 55.1 Å². The lowest BCUT2D eigenvalue weighted by atomic mass is 9.90. The highest BCUT2D eigenvalue weighted by Gasteiger charge is 2.17. The molecule has 2 fully saturated rings. The van der Waals surface area contributed by atoms with Gasteiger partial charge in [-0.2, -0.15) is 0 Å². The second kappa shape index (κ2) is 9.10. The van der Waals surface area contributed by atoms with Crippen molar-refractivity contribution in [1.82, 2.24) is 20.6 Å². The molecule has 2 aliphatic heterocycles. The first-order valence-electron chi connectivity index (χ1n) is 11.3. The summed E-state index contributed by atoms with van der Waals surface area (Å²) in [4.78, 5) is 35.0. The largest absolute Gasteiger partial charge is 0.340 e. The number of piperazine rings is 1. The molecule has 0 saturated carbocycles. The molecule has 166 valence electrons. The molecular weight excluding hydrogens is 404 g/mol. The molecule has 0 atom stereocenters. The van der Waals surface area contributed by atoms with Crippen molar-refractivity contribution in [2.45, 2.75) is 18.8 Å². The monoisotopic (exact) mass is 432 g/mol. The Morgan fingerprint density at radius 1 is 0.969 bits per heavy atom. The van der Waals surface area contributed by atoms with Gasteiger partial charge in [-0.3, -0.25) is 14.6 Å². The van der Waals surface area contributed by atoms with Gasteiger partial charge in [0.15, 0.2) is 0 Å². The van der Waals surface area contributed by atoms with Gasteiger partial charge in [0, 0.05) is 37.4 Å². The van der Waals surface area contributed by atoms with Crippen LogP contribution in [0.25, 0.3) is 10.9 Å². The van der Waals surface area contributed by atoms with Crippen molar-refractivity contribution < 1.29 is 4.79 Å². The number of piperidine rings is 1. The number of hydrogen-bond donors (Lipinski definition) is 4. The number of hydrogen-bond acceptors (Lipinski definition) is 6. The summed E-state index contributed by atoms with van der Waals surface area (Å²) in [6, 6.07) is 13.1. The first-order valence-corrected chi connectivity index (χ1v) is 11.3. The average Bonchev–Trinajstić information content (AvgIpc) is 2.85. The molecule has 0 unspecified atom stereocenters. The van der Waals surface area contributed by atoms with E-state index in [1.807, 2.05) is 12.1 Å². The molecule has 0 bridgehead atoms. The number of nitrogens with zero attached hydrogens (tertiary/aromatic N) is 2. The summed E-state index contributed by atoms with van der Waals surface area (Å²) in [6.07, 6.45) is 2.25. The van der Waals surface area contributed by atoms with Crippen molar-refractivity contribution in [2.24, 2.45) is 0 Å². The summed E-state index contributed by atoms with van der Waals surface area (Å²) in [5, 5.41) is 10.0. The molecule has 1 aromatic heterocycles. The highest BCUT2D eigenvalue weighted by Crippen LogP contribution is 2.25. The number of H-pyrrole nitrogens is 1. The van der Waals surface area contributed by atoms with Crippen LogP contribution in [0, 0.1) is 0 Å². The number of aromatic amines is 1. The smallest absolute Gasteiger partial charge is 0.260 e. The third-order valence-corrected chi connectivity index (χ3v) is 6.35. The fourth-order valence-corrected chi connectivity index (χ4v) is 4.50. The van der Waals surface area contributed by atoms with Gasteiger partial charge < -0.3 is 20.9 Å². The average molecular weight is 433 g/mol. The molecule has 32 heavy (non-hydrogen) atoms. The van der Waals surface area contributed by atoms with Crippen molar-refractivity contribution in [3.63, 3.8) is 0 Å². The lowest BCUT2D eigenvalue weighted by molar-refractivity contribution is 0.102. The Hall–Kier alpha value is -3.23. The van der Waals surface area contributed by atoms with E-state index < -0.39 is 0 Å². The third kappa shape index (κ3) is 4.37. The maximum absolute atomic E-state index is 12.7. The summed E-state index contributed by atoms with van der Waals surface area (Å²) in [5.41, 5.74) is 2.88. The normalized spacial score (nSPS) is 17.4. The Balaban J connectivity index is 1.31. The molecule has 8 nitrogen and oxygen atoms in total. The highest BCUT2D eigenvalue weighted by atomic mass is 16.1. The molecule has 3 heterocycles. The highest BCUT2D eigenvalue weighted by molar-refractivity contribution is 6.05. The van der Waals surface area contributed by atoms with Gasteiger partial charge in [0.1, 0.15) is 0 Å². The van der Waals surface area contributed by atoms with Crippen LogP contribution < -0.4 is 26.4 Å². The zero-order valence-electron chi connectivity index (χ0n) is 18.0. The molecule has 0 spiro atoms. The summed E-state index contributed by atoms with van der Waals surface area (Å²) in [5.74, 6) is 0.955. The number of rotatable bonds is 4. The Morgan fingerprint density at radius 3 is 2.44 bits per heavy atom. The molecule has 2 aliphatic rings. The number of benzene rings is 2. The maximum Gasteiger partial charge on any atom is 0.260 e. The summed E-state index contributed by atoms with van der Waals surface area (Å²) < 4.78 is 0. The second-order valence-electron chi connectivity index (χ2n) is 8.46. The number of fused-ring (bicyclic) bond motifs is 1. The van der Waals surface area contributed by atoms with Crippen LogP contribution in [0.4, 0.5) is 11.6 Å². The van der Waals surface area contributed by atoms with Crippen LogP contribution in [0.15, 0.2) is 47.3 Å². The quantitative estimate of drug-likeness (QED) is 0.503. The van der Waals surface area contributed by atoms with Crippen molar-refractivity contribution in [3.05, 3.63) is 63.9 Å². The number of carbonyl (C=O) groups is 1. The van der Waals surface area contributed by atoms with Crippen LogP contribution in [-0.2, 0) is 0 Å². The summed E-state index contributed by atoms with van der Waals surface area (Å²) in [6.45, 7) is 5.42. The van der Waals surface area contributed by atoms with Gasteiger partial charge in [-0.15, -0.1) is 0 Å². The second-order valence-corrected chi connectivity index (χ2v) is 8.46. The van der Waals surface area contributed by atoms with Crippen molar-refractivity contribution >= 4 is 28.4 Å². The zero-order chi connectivity index (χ0) is 21.9. The minimum absolute atomic E-state index is 0.192. The third-order valence-electron chi connectivity index (χ3n) is 6.35. The molecule has 0 aliphatic carbocycles. The molecule has 5 rings (SSSR count). The Bertz CT molecular complexity index is 1160. The summed E-state index contributed by atoms with van der Waals surface area (Å²) in [7, 11) is 0. The van der Waals surface area contributed by atoms with Crippen LogP contribution in [0.1, 0.15) is 34.7 Å². The maximum atomic E-state index is 12.7. The minimum Gasteiger partial charge on any atom is -0.340 e. The minimum atomic E-state index is -0.203. The van der Waals surface area contributed by atoms with Gasteiger partial charge in [0.25, 0.3) is 11.5 Å². The van der Waals surface area contributed by atoms with Gasteiger partial charge in [0.05, 0.1) is 10.9 Å². The van der Waals surface area contributed by atoms with E-state index in [2.05, 4.69) is 43.0 Å². The molecule has 3 aromatic rings. The standard InChI is InChI=1S/C24H28N6O2/c31-22(18-3-1-16(2-4-18)17-7-9-25-10-8-17)27-19-5-6-21-20(15-19)23(32)29-24(28-21)30-13-11-26-12-14-30/h1-6,15,17,25-26H,7-14H2,(H,27,31)(H,28,29,32). The van der Waals surface area contributed by atoms with Gasteiger partial charge in [0.2, 0.25) is 5.95 Å². The molecule has 1 amide bonds. The predicted octanol–water partition coefficient (Wildman–Crippen LogP) is 2.05. The number of aromatic nitrogens is 2. The predicted molar refractivity (Wildman–Crippen MR) is 127 cm³/mol. The number of nitrogens with one attached hydrogen (secondary N) is 4. The topological polar surface area (TPSA) is 102 Å². The summed E-state index contributed by atoms with van der Waals surface area (Å²) >= 11 is 0. The Kier molecular flexibility index (Phi) is 5.87. The van der Waals surface area contributed by atoms with E-state index in [1.54, 1.807) is 18.2 Å². The molecule has 0 radical (unpaired) electrons. The van der Waals surface area contributed by atoms with E-state index in [1.165, 1.54) is 5.56 Å². The number of amides is 1. The number of anilines is 2. The van der Waals surface area contributed by atoms with Gasteiger partial charge >= 0.3 is 0 Å². The van der Waals surface area contributed by atoms with Crippen molar-refractivity contribution in [2.75, 3.05) is 49.5 Å². The van der Waals surface area contributed by atoms with Crippen molar-refractivity contribution in [1.29, 1.82) is 0 Å². The lowest BCUT2D eigenvalue weighted by Crippen LogP contribution is -2.44. The van der Waals surface area contributed by atoms with Crippen LogP contribution in [0.3, 0.4) is 0 Å². The van der Waals surface area contributed by atoms with E-state index in [-0.39, 0.29) is 11.5 Å². The Labute approximate surface area is 186 Å². The lowest BCUT2D eigenvalue weighted by Gasteiger charge is -2.27. The van der Waals surface area contributed by atoms with Crippen LogP contribution in [0.2, 0.25) is 0 Å². The zero-order valence-corrected chi connectivity index (χ0v) is 18.0. The van der Waals surface area contributed by atoms with E-state index >= 15 is 0 Å². The fraction of sp³-hybridized carbons (Fsp3) is 0.375. The first-order chi connectivity index (χ1) is 15.7. The van der Waals surface area contributed by atoms with E-state index in [0.717, 1.165) is 52.1 Å². The van der Waals surface area contributed by atoms with E-state index in [0.29, 0.717) is 34.0 Å². The van der Waals surface area contributed by atoms with E-state index in [9.17, 15) is 9.59 Å². The van der Waals surface area contributed by atoms with Gasteiger partial charge in [-0.05, 0) is 67.7 Å². The van der Waals surface area contributed by atoms with Gasteiger partial charge in [-0.25, -0.2) is 4.98 Å². The molecule has 8 heteroatoms. The first kappa shape index (κ1) is 20.7. The molecule has 4 N–H and O–H groups in total. The SMILES string of the molecule is O=C(Nc1ccc2nc(N3CCNCC3)[nH]c(=O)c2c1)c1ccc(C2CCNCC2)cc1. The fourth-order valence-electron chi connectivity index (χ4n) is 4.50. The van der Waals surface area contributed by atoms with Gasteiger partial charge in [-0.1, -0.05) is 12.1 Å².